The number of fused-ring (bicyclic) bond motifs is 4. The van der Waals surface area contributed by atoms with Crippen LogP contribution in [-0.2, 0) is 18.3 Å². The average Bonchev–Trinajstić information content (AvgIpc) is 3.22. The first kappa shape index (κ1) is 15.4. The fourth-order valence-corrected chi connectivity index (χ4v) is 6.85. The maximum absolute atomic E-state index is 12.4. The normalized spacial score (nSPS) is 34.8. The van der Waals surface area contributed by atoms with Crippen molar-refractivity contribution in [1.82, 2.24) is 9.88 Å². The number of phenols is 1. The van der Waals surface area contributed by atoms with Crippen LogP contribution in [0.2, 0.25) is 0 Å². The average molecular weight is 374 g/mol. The Morgan fingerprint density at radius 1 is 1.21 bits per heavy atom. The number of piperidine rings is 1. The van der Waals surface area contributed by atoms with Gasteiger partial charge in [-0.15, -0.1) is 0 Å². The molecule has 2 bridgehead atoms. The molecule has 3 aromatic rings. The molecule has 1 aromatic heterocycles. The number of phenolic OH excluding ortho intramolecular Hbond substituents is 1. The molecule has 3 N–H and O–H groups in total. The smallest absolute Gasteiger partial charge is 0.166 e. The van der Waals surface area contributed by atoms with E-state index >= 15 is 0 Å². The van der Waals surface area contributed by atoms with Crippen molar-refractivity contribution in [2.24, 2.45) is 0 Å². The topological polar surface area (TPSA) is 68.7 Å². The zero-order valence-electron chi connectivity index (χ0n) is 15.7. The van der Waals surface area contributed by atoms with E-state index in [1.165, 1.54) is 5.56 Å². The van der Waals surface area contributed by atoms with Crippen LogP contribution in [0.5, 0.6) is 11.5 Å². The van der Waals surface area contributed by atoms with Crippen molar-refractivity contribution < 1.29 is 14.9 Å². The molecule has 2 aliphatic heterocycles. The fraction of sp³-hybridized carbons (Fsp3) is 0.391. The fourth-order valence-electron chi connectivity index (χ4n) is 6.85. The molecule has 7 rings (SSSR count). The van der Waals surface area contributed by atoms with Crippen molar-refractivity contribution >= 4 is 10.9 Å². The number of hydrogen-bond donors (Lipinski definition) is 3. The summed E-state index contributed by atoms with van der Waals surface area (Å²) in [6.07, 6.45) is 1.91. The number of ether oxygens (including phenoxy) is 1. The third-order valence-electron chi connectivity index (χ3n) is 8.04. The van der Waals surface area contributed by atoms with Gasteiger partial charge in [0.25, 0.3) is 0 Å². The number of aromatic hydroxyl groups is 1. The Morgan fingerprint density at radius 3 is 2.96 bits per heavy atom. The summed E-state index contributed by atoms with van der Waals surface area (Å²) in [6.45, 7) is 0.914. The van der Waals surface area contributed by atoms with Gasteiger partial charge >= 0.3 is 0 Å². The first-order chi connectivity index (χ1) is 13.5. The summed E-state index contributed by atoms with van der Waals surface area (Å²) in [7, 11) is 2.12. The summed E-state index contributed by atoms with van der Waals surface area (Å²) >= 11 is 0. The lowest BCUT2D eigenvalue weighted by atomic mass is 9.49. The predicted molar refractivity (Wildman–Crippen MR) is 105 cm³/mol. The van der Waals surface area contributed by atoms with Crippen LogP contribution in [0.25, 0.3) is 10.9 Å². The van der Waals surface area contributed by atoms with Gasteiger partial charge in [0.05, 0.1) is 16.7 Å². The van der Waals surface area contributed by atoms with Crippen molar-refractivity contribution in [3.8, 4) is 11.5 Å². The van der Waals surface area contributed by atoms with Crippen LogP contribution in [0, 0.1) is 0 Å². The van der Waals surface area contributed by atoms with Crippen LogP contribution in [-0.4, -0.2) is 45.3 Å². The molecule has 1 spiro atoms. The van der Waals surface area contributed by atoms with E-state index in [1.54, 1.807) is 6.07 Å². The van der Waals surface area contributed by atoms with Gasteiger partial charge in [-0.25, -0.2) is 0 Å². The molecule has 1 saturated heterocycles. The monoisotopic (exact) mass is 374 g/mol. The van der Waals surface area contributed by atoms with E-state index in [1.807, 2.05) is 18.2 Å². The summed E-state index contributed by atoms with van der Waals surface area (Å²) in [4.78, 5) is 5.92. The van der Waals surface area contributed by atoms with Crippen molar-refractivity contribution in [1.29, 1.82) is 0 Å². The van der Waals surface area contributed by atoms with Crippen molar-refractivity contribution in [2.45, 2.75) is 42.4 Å². The highest BCUT2D eigenvalue weighted by Gasteiger charge is 2.72. The lowest BCUT2D eigenvalue weighted by Gasteiger charge is -2.62. The van der Waals surface area contributed by atoms with E-state index < -0.39 is 11.0 Å². The van der Waals surface area contributed by atoms with Crippen LogP contribution in [0.3, 0.4) is 0 Å². The number of nitrogens with zero attached hydrogens (tertiary/aromatic N) is 1. The van der Waals surface area contributed by atoms with E-state index in [2.05, 4.69) is 29.1 Å². The number of aromatic nitrogens is 1. The molecular formula is C23H22N2O3. The first-order valence-corrected chi connectivity index (χ1v) is 10.1. The molecule has 2 aliphatic carbocycles. The molecule has 5 nitrogen and oxygen atoms in total. The van der Waals surface area contributed by atoms with E-state index in [0.29, 0.717) is 12.2 Å². The van der Waals surface area contributed by atoms with Crippen LogP contribution in [0.15, 0.2) is 36.4 Å². The van der Waals surface area contributed by atoms with Gasteiger partial charge in [-0.2, -0.15) is 0 Å². The van der Waals surface area contributed by atoms with Crippen molar-refractivity contribution in [3.05, 3.63) is 58.8 Å². The zero-order valence-corrected chi connectivity index (χ0v) is 15.7. The number of aliphatic hydroxyl groups is 1. The minimum absolute atomic E-state index is 0.0390. The Balaban J connectivity index is 1.62. The highest BCUT2D eigenvalue weighted by atomic mass is 16.5. The highest BCUT2D eigenvalue weighted by Crippen LogP contribution is 2.68. The number of rotatable bonds is 0. The summed E-state index contributed by atoms with van der Waals surface area (Å²) in [5.41, 5.74) is 4.13. The minimum Gasteiger partial charge on any atom is -0.504 e. The van der Waals surface area contributed by atoms with Gasteiger partial charge in [0.15, 0.2) is 17.6 Å². The molecule has 4 atom stereocenters. The van der Waals surface area contributed by atoms with Gasteiger partial charge in [0.2, 0.25) is 0 Å². The molecule has 0 radical (unpaired) electrons. The van der Waals surface area contributed by atoms with E-state index in [0.717, 1.165) is 47.1 Å². The van der Waals surface area contributed by atoms with Gasteiger partial charge in [-0.3, -0.25) is 0 Å². The second-order valence-electron chi connectivity index (χ2n) is 9.03. The van der Waals surface area contributed by atoms with E-state index in [9.17, 15) is 10.2 Å². The number of likely N-dealkylation sites (N-methyl/N-ethyl adjacent to an activating group) is 1. The Morgan fingerprint density at radius 2 is 2.07 bits per heavy atom. The van der Waals surface area contributed by atoms with Crippen LogP contribution in [0.1, 0.15) is 34.9 Å². The molecule has 2 unspecified atom stereocenters. The third kappa shape index (κ3) is 1.42. The molecule has 5 heteroatoms. The molecule has 3 heterocycles. The SMILES string of the molecule is CN1CC[C@]23c4c5ccc(O)c4OC2c2[nH]c4ccccc4c2C[C@@]3(O)C1C5. The third-order valence-corrected chi connectivity index (χ3v) is 8.04. The van der Waals surface area contributed by atoms with Crippen molar-refractivity contribution in [2.75, 3.05) is 13.6 Å². The molecular weight excluding hydrogens is 352 g/mol. The Hall–Kier alpha value is -2.50. The van der Waals surface area contributed by atoms with Crippen LogP contribution in [0.4, 0.5) is 0 Å². The van der Waals surface area contributed by atoms with Crippen LogP contribution >= 0.6 is 0 Å². The van der Waals surface area contributed by atoms with Gasteiger partial charge < -0.3 is 24.8 Å². The van der Waals surface area contributed by atoms with Gasteiger partial charge in [0.1, 0.15) is 0 Å². The van der Waals surface area contributed by atoms with Gasteiger partial charge in [-0.1, -0.05) is 24.3 Å². The van der Waals surface area contributed by atoms with Gasteiger partial charge in [0, 0.05) is 28.9 Å². The summed E-state index contributed by atoms with van der Waals surface area (Å²) in [6, 6.07) is 12.1. The number of H-pyrrole nitrogens is 1. The number of likely N-dealkylation sites (tertiary alicyclic amines) is 1. The Bertz CT molecular complexity index is 1180. The molecule has 0 amide bonds. The first-order valence-electron chi connectivity index (χ1n) is 10.1. The molecule has 4 aliphatic rings. The molecule has 0 saturated carbocycles. The highest BCUT2D eigenvalue weighted by molar-refractivity contribution is 5.86. The molecule has 2 aromatic carbocycles. The van der Waals surface area contributed by atoms with E-state index in [-0.39, 0.29) is 17.9 Å². The lowest BCUT2D eigenvalue weighted by Crippen LogP contribution is -2.73. The van der Waals surface area contributed by atoms with Crippen molar-refractivity contribution in [3.63, 3.8) is 0 Å². The van der Waals surface area contributed by atoms with Crippen LogP contribution < -0.4 is 4.74 Å². The molecule has 1 fully saturated rings. The number of para-hydroxylation sites is 1. The summed E-state index contributed by atoms with van der Waals surface area (Å²) < 4.78 is 6.51. The summed E-state index contributed by atoms with van der Waals surface area (Å²) in [5.74, 6) is 0.760. The quantitative estimate of drug-likeness (QED) is 0.566. The summed E-state index contributed by atoms with van der Waals surface area (Å²) in [5, 5.41) is 24.1. The Labute approximate surface area is 162 Å². The second kappa shape index (κ2) is 4.56. The zero-order chi connectivity index (χ0) is 18.8. The number of hydrogen-bond acceptors (Lipinski definition) is 4. The number of nitrogens with one attached hydrogen (secondary N) is 1. The number of aromatic amines is 1. The second-order valence-corrected chi connectivity index (χ2v) is 9.03. The van der Waals surface area contributed by atoms with E-state index in [4.69, 9.17) is 4.74 Å². The maximum atomic E-state index is 12.4. The standard InChI is InChI=1S/C23H22N2O3/c1-25-9-8-22-18-12-6-7-16(26)20(18)28-21(22)19-14(11-23(22,27)17(25)10-12)13-4-2-3-5-15(13)24-19/h2-7,17,21,24,26-27H,8-11H2,1H3/t17?,21?,22-,23+/m0/s1. The molecule has 142 valence electrons. The Kier molecular flexibility index (Phi) is 2.51. The predicted octanol–water partition coefficient (Wildman–Crippen LogP) is 2.79. The molecule has 28 heavy (non-hydrogen) atoms. The van der Waals surface area contributed by atoms with Gasteiger partial charge in [-0.05, 0) is 49.7 Å². The maximum Gasteiger partial charge on any atom is 0.166 e. The lowest BCUT2D eigenvalue weighted by molar-refractivity contribution is -0.167. The minimum atomic E-state index is -0.922. The largest absolute Gasteiger partial charge is 0.504 e. The number of benzene rings is 2.